The maximum Gasteiger partial charge on any atom is 0.246 e. The fourth-order valence-electron chi connectivity index (χ4n) is 2.89. The minimum atomic E-state index is -3.58. The Hall–Kier alpha value is -1.73. The Morgan fingerprint density at radius 1 is 1.30 bits per heavy atom. The largest absolute Gasteiger partial charge is 0.269 e. The Kier molecular flexibility index (Phi) is 4.25. The van der Waals surface area contributed by atoms with Crippen LogP contribution >= 0.6 is 0 Å². The van der Waals surface area contributed by atoms with E-state index in [0.717, 1.165) is 0 Å². The molecule has 1 saturated heterocycles. The van der Waals surface area contributed by atoms with Crippen molar-refractivity contribution in [3.63, 3.8) is 0 Å². The van der Waals surface area contributed by atoms with Crippen LogP contribution in [0.4, 0.5) is 4.39 Å². The summed E-state index contributed by atoms with van der Waals surface area (Å²) in [6.07, 6.45) is 3.56. The number of halogens is 1. The van der Waals surface area contributed by atoms with E-state index in [0.29, 0.717) is 25.1 Å². The molecule has 0 spiro atoms. The van der Waals surface area contributed by atoms with E-state index in [1.807, 2.05) is 13.8 Å². The number of benzene rings is 1. The van der Waals surface area contributed by atoms with E-state index in [9.17, 15) is 12.8 Å². The van der Waals surface area contributed by atoms with Crippen molar-refractivity contribution in [2.45, 2.75) is 37.1 Å². The molecule has 0 amide bonds. The number of sulfonamides is 1. The number of rotatable bonds is 4. The quantitative estimate of drug-likeness (QED) is 0.862. The molecule has 1 fully saturated rings. The molecule has 1 aromatic heterocycles. The Morgan fingerprint density at radius 2 is 2.04 bits per heavy atom. The van der Waals surface area contributed by atoms with Crippen molar-refractivity contribution in [3.8, 4) is 0 Å². The Balaban J connectivity index is 1.81. The van der Waals surface area contributed by atoms with Gasteiger partial charge in [0.1, 0.15) is 10.7 Å². The molecule has 1 aromatic carbocycles. The van der Waals surface area contributed by atoms with E-state index in [-0.39, 0.29) is 22.7 Å². The maximum absolute atomic E-state index is 13.9. The maximum atomic E-state index is 13.9. The Bertz CT molecular complexity index is 801. The standard InChI is InChI=1S/C16H20FN3O2S/c1-12(2)20-11-14(9-18-20)23(21,22)19-8-7-13(10-19)15-5-3-4-6-16(15)17/h3-6,9,11-13H,7-8,10H2,1-2H3/t13-/m0/s1. The van der Waals surface area contributed by atoms with Crippen molar-refractivity contribution >= 4 is 10.0 Å². The lowest BCUT2D eigenvalue weighted by molar-refractivity contribution is 0.470. The number of hydrogen-bond donors (Lipinski definition) is 0. The van der Waals surface area contributed by atoms with Gasteiger partial charge in [-0.25, -0.2) is 12.8 Å². The predicted octanol–water partition coefficient (Wildman–Crippen LogP) is 2.78. The second-order valence-electron chi connectivity index (χ2n) is 6.12. The second kappa shape index (κ2) is 6.05. The first-order chi connectivity index (χ1) is 10.9. The van der Waals surface area contributed by atoms with Gasteiger partial charge >= 0.3 is 0 Å². The molecule has 7 heteroatoms. The highest BCUT2D eigenvalue weighted by Gasteiger charge is 2.34. The molecule has 2 aromatic rings. The molecular weight excluding hydrogens is 317 g/mol. The van der Waals surface area contributed by atoms with E-state index in [4.69, 9.17) is 0 Å². The third kappa shape index (κ3) is 3.03. The highest BCUT2D eigenvalue weighted by molar-refractivity contribution is 7.89. The molecule has 3 rings (SSSR count). The summed E-state index contributed by atoms with van der Waals surface area (Å²) >= 11 is 0. The van der Waals surface area contributed by atoms with Gasteiger partial charge in [-0.05, 0) is 31.9 Å². The molecule has 0 N–H and O–H groups in total. The molecule has 1 aliphatic rings. The van der Waals surface area contributed by atoms with Crippen LogP contribution in [-0.2, 0) is 10.0 Å². The van der Waals surface area contributed by atoms with Crippen molar-refractivity contribution in [2.75, 3.05) is 13.1 Å². The second-order valence-corrected chi connectivity index (χ2v) is 8.06. The van der Waals surface area contributed by atoms with Crippen LogP contribution in [0.1, 0.15) is 37.8 Å². The van der Waals surface area contributed by atoms with Gasteiger partial charge in [0.05, 0.1) is 6.20 Å². The zero-order valence-electron chi connectivity index (χ0n) is 13.2. The monoisotopic (exact) mass is 337 g/mol. The first kappa shape index (κ1) is 16.1. The van der Waals surface area contributed by atoms with E-state index in [1.54, 1.807) is 29.1 Å². The molecular formula is C16H20FN3O2S. The summed E-state index contributed by atoms with van der Waals surface area (Å²) in [7, 11) is -3.58. The van der Waals surface area contributed by atoms with Crippen LogP contribution < -0.4 is 0 Å². The molecule has 0 radical (unpaired) electrons. The van der Waals surface area contributed by atoms with Gasteiger partial charge in [-0.15, -0.1) is 0 Å². The molecule has 0 aliphatic carbocycles. The summed E-state index contributed by atoms with van der Waals surface area (Å²) in [5.41, 5.74) is 0.586. The van der Waals surface area contributed by atoms with E-state index < -0.39 is 10.0 Å². The van der Waals surface area contributed by atoms with Crippen LogP contribution in [0.2, 0.25) is 0 Å². The predicted molar refractivity (Wildman–Crippen MR) is 85.1 cm³/mol. The van der Waals surface area contributed by atoms with Gasteiger partial charge in [-0.3, -0.25) is 4.68 Å². The summed E-state index contributed by atoms with van der Waals surface area (Å²) in [4.78, 5) is 0.195. The molecule has 1 atom stereocenters. The summed E-state index contributed by atoms with van der Waals surface area (Å²) in [5.74, 6) is -0.379. The van der Waals surface area contributed by atoms with Crippen molar-refractivity contribution in [3.05, 3.63) is 48.0 Å². The van der Waals surface area contributed by atoms with Gasteiger partial charge in [-0.2, -0.15) is 9.40 Å². The van der Waals surface area contributed by atoms with Crippen LogP contribution in [0.25, 0.3) is 0 Å². The number of hydrogen-bond acceptors (Lipinski definition) is 3. The Labute approximate surface area is 135 Å². The van der Waals surface area contributed by atoms with Gasteiger partial charge in [0, 0.05) is 31.2 Å². The first-order valence-electron chi connectivity index (χ1n) is 7.68. The average molecular weight is 337 g/mol. The smallest absolute Gasteiger partial charge is 0.246 e. The molecule has 5 nitrogen and oxygen atoms in total. The lowest BCUT2D eigenvalue weighted by atomic mass is 9.98. The fraction of sp³-hybridized carbons (Fsp3) is 0.438. The SMILES string of the molecule is CC(C)n1cc(S(=O)(=O)N2CC[C@H](c3ccccc3F)C2)cn1. The van der Waals surface area contributed by atoms with Crippen molar-refractivity contribution in [1.82, 2.24) is 14.1 Å². The summed E-state index contributed by atoms with van der Waals surface area (Å²) in [5, 5.41) is 4.10. The highest BCUT2D eigenvalue weighted by atomic mass is 32.2. The third-order valence-corrected chi connectivity index (χ3v) is 6.06. The zero-order chi connectivity index (χ0) is 16.6. The fourth-order valence-corrected chi connectivity index (χ4v) is 4.33. The minimum Gasteiger partial charge on any atom is -0.269 e. The van der Waals surface area contributed by atoms with Gasteiger partial charge in [0.15, 0.2) is 0 Å². The number of aromatic nitrogens is 2. The zero-order valence-corrected chi connectivity index (χ0v) is 14.0. The lowest BCUT2D eigenvalue weighted by Crippen LogP contribution is -2.28. The molecule has 0 bridgehead atoms. The Morgan fingerprint density at radius 3 is 2.70 bits per heavy atom. The summed E-state index contributed by atoms with van der Waals surface area (Å²) < 4.78 is 42.4. The molecule has 2 heterocycles. The van der Waals surface area contributed by atoms with E-state index in [1.165, 1.54) is 16.6 Å². The first-order valence-corrected chi connectivity index (χ1v) is 9.12. The van der Waals surface area contributed by atoms with Crippen molar-refractivity contribution in [2.24, 2.45) is 0 Å². The van der Waals surface area contributed by atoms with Crippen LogP contribution in [0.15, 0.2) is 41.6 Å². The highest BCUT2D eigenvalue weighted by Crippen LogP contribution is 2.32. The third-order valence-electron chi connectivity index (χ3n) is 4.24. The topological polar surface area (TPSA) is 55.2 Å². The van der Waals surface area contributed by atoms with Gasteiger partial charge in [0.2, 0.25) is 10.0 Å². The van der Waals surface area contributed by atoms with Gasteiger partial charge < -0.3 is 0 Å². The van der Waals surface area contributed by atoms with E-state index >= 15 is 0 Å². The van der Waals surface area contributed by atoms with Gasteiger partial charge in [-0.1, -0.05) is 18.2 Å². The van der Waals surface area contributed by atoms with Crippen LogP contribution in [0.3, 0.4) is 0 Å². The summed E-state index contributed by atoms with van der Waals surface area (Å²) in [6.45, 7) is 4.57. The van der Waals surface area contributed by atoms with Gasteiger partial charge in [0.25, 0.3) is 0 Å². The van der Waals surface area contributed by atoms with Crippen LogP contribution in [0.5, 0.6) is 0 Å². The van der Waals surface area contributed by atoms with Crippen molar-refractivity contribution in [1.29, 1.82) is 0 Å². The van der Waals surface area contributed by atoms with E-state index in [2.05, 4.69) is 5.10 Å². The minimum absolute atomic E-state index is 0.101. The van der Waals surface area contributed by atoms with Crippen LogP contribution in [-0.4, -0.2) is 35.6 Å². The summed E-state index contributed by atoms with van der Waals surface area (Å²) in [6, 6.07) is 6.67. The average Bonchev–Trinajstić information content (AvgIpc) is 3.18. The molecule has 23 heavy (non-hydrogen) atoms. The molecule has 0 unspecified atom stereocenters. The normalized spacial score (nSPS) is 19.6. The molecule has 0 saturated carbocycles. The molecule has 124 valence electrons. The molecule has 1 aliphatic heterocycles. The van der Waals surface area contributed by atoms with Crippen molar-refractivity contribution < 1.29 is 12.8 Å². The number of nitrogens with zero attached hydrogens (tertiary/aromatic N) is 3. The van der Waals surface area contributed by atoms with Crippen LogP contribution in [0, 0.1) is 5.82 Å². The lowest BCUT2D eigenvalue weighted by Gasteiger charge is -2.16.